The van der Waals surface area contributed by atoms with Crippen molar-refractivity contribution in [3.05, 3.63) is 64.2 Å². The number of methoxy groups -OCH3 is 3. The van der Waals surface area contributed by atoms with Crippen LogP contribution < -0.4 is 19.5 Å². The second-order valence-electron chi connectivity index (χ2n) is 9.01. The predicted molar refractivity (Wildman–Crippen MR) is 147 cm³/mol. The minimum atomic E-state index is -0.167. The van der Waals surface area contributed by atoms with Crippen LogP contribution in [0.25, 0.3) is 0 Å². The highest BCUT2D eigenvalue weighted by atomic mass is 32.1. The number of benzene rings is 2. The number of amides is 1. The van der Waals surface area contributed by atoms with E-state index in [-0.39, 0.29) is 12.0 Å². The number of aliphatic hydroxyl groups is 1. The van der Waals surface area contributed by atoms with Crippen molar-refractivity contribution in [1.29, 1.82) is 0 Å². The Bertz CT molecular complexity index is 1120. The molecule has 0 saturated carbocycles. The fourth-order valence-electron chi connectivity index (χ4n) is 4.00. The van der Waals surface area contributed by atoms with E-state index in [2.05, 4.69) is 34.5 Å². The topological polar surface area (TPSA) is 93.2 Å². The molecule has 1 aliphatic rings. The fourth-order valence-corrected chi connectivity index (χ4v) is 4.98. The van der Waals surface area contributed by atoms with E-state index >= 15 is 0 Å². The van der Waals surface area contributed by atoms with E-state index in [1.807, 2.05) is 18.2 Å². The van der Waals surface area contributed by atoms with Gasteiger partial charge in [0.15, 0.2) is 16.6 Å². The fraction of sp³-hybridized carbons (Fsp3) is 0.429. The van der Waals surface area contributed by atoms with E-state index < -0.39 is 0 Å². The molecule has 0 radical (unpaired) electrons. The molecule has 9 heteroatoms. The second kappa shape index (κ2) is 14.0. The van der Waals surface area contributed by atoms with Gasteiger partial charge < -0.3 is 24.6 Å². The second-order valence-corrected chi connectivity index (χ2v) is 10.1. The maximum Gasteiger partial charge on any atom is 0.226 e. The van der Waals surface area contributed by atoms with Gasteiger partial charge in [-0.05, 0) is 49.9 Å². The van der Waals surface area contributed by atoms with Gasteiger partial charge in [0.1, 0.15) is 0 Å². The summed E-state index contributed by atoms with van der Waals surface area (Å²) >= 11 is 1.58. The molecule has 1 amide bonds. The molecule has 0 unspecified atom stereocenters. The Morgan fingerprint density at radius 2 is 1.73 bits per heavy atom. The van der Waals surface area contributed by atoms with Crippen molar-refractivity contribution >= 4 is 22.4 Å². The molecule has 8 nitrogen and oxygen atoms in total. The lowest BCUT2D eigenvalue weighted by Crippen LogP contribution is -2.29. The van der Waals surface area contributed by atoms with Crippen LogP contribution in [0.4, 0.5) is 5.13 Å². The summed E-state index contributed by atoms with van der Waals surface area (Å²) in [6.45, 7) is 6.16. The summed E-state index contributed by atoms with van der Waals surface area (Å²) in [5, 5.41) is 11.7. The molecular formula is C28H37N3O5S. The summed E-state index contributed by atoms with van der Waals surface area (Å²) < 4.78 is 16.2. The molecule has 0 bridgehead atoms. The van der Waals surface area contributed by atoms with Gasteiger partial charge >= 0.3 is 0 Å². The van der Waals surface area contributed by atoms with Crippen LogP contribution in [0.5, 0.6) is 17.2 Å². The minimum absolute atomic E-state index is 0.0593. The molecule has 0 saturated heterocycles. The van der Waals surface area contributed by atoms with Gasteiger partial charge in [0, 0.05) is 37.0 Å². The van der Waals surface area contributed by atoms with Crippen LogP contribution in [0.15, 0.2) is 42.5 Å². The van der Waals surface area contributed by atoms with Gasteiger partial charge in [-0.25, -0.2) is 4.98 Å². The zero-order valence-electron chi connectivity index (χ0n) is 22.2. The van der Waals surface area contributed by atoms with Crippen LogP contribution in [-0.2, 0) is 30.7 Å². The molecule has 0 fully saturated rings. The Morgan fingerprint density at radius 1 is 1.08 bits per heavy atom. The third-order valence-electron chi connectivity index (χ3n) is 5.67. The van der Waals surface area contributed by atoms with E-state index in [1.54, 1.807) is 46.5 Å². The van der Waals surface area contributed by atoms with Crippen molar-refractivity contribution in [3.8, 4) is 17.2 Å². The lowest BCUT2D eigenvalue weighted by molar-refractivity contribution is -0.116. The summed E-state index contributed by atoms with van der Waals surface area (Å²) in [5.41, 5.74) is 3.31. The molecule has 1 aromatic heterocycles. The third-order valence-corrected chi connectivity index (χ3v) is 6.74. The predicted octanol–water partition coefficient (Wildman–Crippen LogP) is 4.69. The van der Waals surface area contributed by atoms with Crippen LogP contribution in [0.2, 0.25) is 0 Å². The Kier molecular flexibility index (Phi) is 10.7. The molecule has 0 spiro atoms. The van der Waals surface area contributed by atoms with Crippen molar-refractivity contribution in [1.82, 2.24) is 9.88 Å². The summed E-state index contributed by atoms with van der Waals surface area (Å²) in [6.07, 6.45) is 1.68. The minimum Gasteiger partial charge on any atom is -0.493 e. The van der Waals surface area contributed by atoms with E-state index in [0.717, 1.165) is 37.3 Å². The van der Waals surface area contributed by atoms with Gasteiger partial charge in [-0.15, -0.1) is 11.3 Å². The van der Waals surface area contributed by atoms with E-state index in [0.29, 0.717) is 35.2 Å². The van der Waals surface area contributed by atoms with Crippen molar-refractivity contribution in [2.45, 2.75) is 52.3 Å². The number of nitrogens with zero attached hydrogens (tertiary/aromatic N) is 2. The van der Waals surface area contributed by atoms with Gasteiger partial charge in [-0.3, -0.25) is 9.69 Å². The maximum absolute atomic E-state index is 12.6. The number of aromatic nitrogens is 1. The maximum atomic E-state index is 12.6. The summed E-state index contributed by atoms with van der Waals surface area (Å²) in [4.78, 5) is 21.0. The summed E-state index contributed by atoms with van der Waals surface area (Å²) in [5.74, 6) is 1.65. The van der Waals surface area contributed by atoms with Crippen LogP contribution in [0, 0.1) is 0 Å². The molecule has 2 heterocycles. The lowest BCUT2D eigenvalue weighted by atomic mass is 10.1. The summed E-state index contributed by atoms with van der Waals surface area (Å²) in [7, 11) is 4.74. The smallest absolute Gasteiger partial charge is 0.226 e. The van der Waals surface area contributed by atoms with Crippen molar-refractivity contribution in [2.75, 3.05) is 33.2 Å². The van der Waals surface area contributed by atoms with Gasteiger partial charge in [0.05, 0.1) is 27.0 Å². The Hall–Kier alpha value is -3.14. The lowest BCUT2D eigenvalue weighted by Gasteiger charge is -2.25. The average Bonchev–Trinajstić information content (AvgIpc) is 3.28. The highest BCUT2D eigenvalue weighted by Gasteiger charge is 2.21. The molecule has 37 heavy (non-hydrogen) atoms. The summed E-state index contributed by atoms with van der Waals surface area (Å²) in [6, 6.07) is 14.2. The number of hydrogen-bond acceptors (Lipinski definition) is 8. The number of hydrogen-bond donors (Lipinski definition) is 2. The number of carbonyl (C=O) groups is 1. The zero-order valence-corrected chi connectivity index (χ0v) is 23.1. The molecule has 3 aromatic rings. The Labute approximate surface area is 223 Å². The van der Waals surface area contributed by atoms with E-state index in [4.69, 9.17) is 24.3 Å². The van der Waals surface area contributed by atoms with Crippen LogP contribution >= 0.6 is 11.3 Å². The molecule has 200 valence electrons. The van der Waals surface area contributed by atoms with Gasteiger partial charge in [-0.2, -0.15) is 0 Å². The first-order valence-corrected chi connectivity index (χ1v) is 13.2. The monoisotopic (exact) mass is 527 g/mol. The number of aliphatic hydroxyl groups excluding tert-OH is 1. The van der Waals surface area contributed by atoms with Crippen molar-refractivity contribution < 1.29 is 24.1 Å². The molecular weight excluding hydrogens is 490 g/mol. The van der Waals surface area contributed by atoms with Crippen LogP contribution in [-0.4, -0.2) is 54.9 Å². The molecule has 0 atom stereocenters. The quantitative estimate of drug-likeness (QED) is 0.417. The first-order chi connectivity index (χ1) is 17.8. The number of carbonyl (C=O) groups excluding carboxylic acids is 1. The van der Waals surface area contributed by atoms with E-state index in [1.165, 1.54) is 10.4 Å². The molecule has 4 rings (SSSR count). The molecule has 1 aliphatic heterocycles. The number of rotatable bonds is 9. The largest absolute Gasteiger partial charge is 0.493 e. The van der Waals surface area contributed by atoms with Gasteiger partial charge in [-0.1, -0.05) is 30.3 Å². The number of nitrogens with one attached hydrogen (secondary N) is 1. The first-order valence-electron chi connectivity index (χ1n) is 12.3. The molecule has 0 aliphatic carbocycles. The number of aryl methyl sites for hydroxylation is 1. The van der Waals surface area contributed by atoms with Crippen molar-refractivity contribution in [3.63, 3.8) is 0 Å². The van der Waals surface area contributed by atoms with Crippen LogP contribution in [0.3, 0.4) is 0 Å². The SMILES string of the molecule is CC(C)O.COc1cc(CCC(=O)Nc2nc3c(s2)CCN(Cc2ccccc2)C3)cc(OC)c1OC. The first kappa shape index (κ1) is 28.4. The van der Waals surface area contributed by atoms with Gasteiger partial charge in [0.2, 0.25) is 11.7 Å². The Balaban J connectivity index is 0.000000886. The normalized spacial score (nSPS) is 12.8. The van der Waals surface area contributed by atoms with Gasteiger partial charge in [0.25, 0.3) is 0 Å². The van der Waals surface area contributed by atoms with Crippen LogP contribution in [0.1, 0.15) is 42.0 Å². The highest BCUT2D eigenvalue weighted by Crippen LogP contribution is 2.38. The highest BCUT2D eigenvalue weighted by molar-refractivity contribution is 7.15. The molecule has 2 N–H and O–H groups in total. The number of thiazole rings is 1. The Morgan fingerprint density at radius 3 is 2.32 bits per heavy atom. The van der Waals surface area contributed by atoms with Crippen molar-refractivity contribution in [2.24, 2.45) is 0 Å². The number of ether oxygens (including phenoxy) is 3. The zero-order chi connectivity index (χ0) is 26.8. The average molecular weight is 528 g/mol. The number of anilines is 1. The standard InChI is InChI=1S/C25H29N3O4S.C3H8O/c1-30-20-13-18(14-21(31-2)24(20)32-3)9-10-23(29)27-25-26-19-16-28(12-11-22(19)33-25)15-17-7-5-4-6-8-17;1-3(2)4/h4-8,13-14H,9-12,15-16H2,1-3H3,(H,26,27,29);3-4H,1-2H3. The number of fused-ring (bicyclic) bond motifs is 1. The van der Waals surface area contributed by atoms with E-state index in [9.17, 15) is 4.79 Å². The third kappa shape index (κ3) is 8.45. The molecule has 2 aromatic carbocycles.